The van der Waals surface area contributed by atoms with Gasteiger partial charge in [0.25, 0.3) is 0 Å². The van der Waals surface area contributed by atoms with Crippen molar-refractivity contribution in [2.24, 2.45) is 5.92 Å². The first-order chi connectivity index (χ1) is 60.7. The van der Waals surface area contributed by atoms with Gasteiger partial charge in [-0.25, -0.2) is 0 Å². The van der Waals surface area contributed by atoms with Crippen molar-refractivity contribution in [2.45, 2.75) is 188 Å². The second kappa shape index (κ2) is 40.7. The van der Waals surface area contributed by atoms with E-state index in [1.165, 1.54) is 61.6 Å². The lowest BCUT2D eigenvalue weighted by molar-refractivity contribution is -0.277. The maximum atomic E-state index is 16.8. The van der Waals surface area contributed by atoms with Crippen molar-refractivity contribution in [3.05, 3.63) is 164 Å². The lowest BCUT2D eigenvalue weighted by Gasteiger charge is -2.42. The van der Waals surface area contributed by atoms with Gasteiger partial charge in [0, 0.05) is 48.2 Å². The number of phenols is 4. The number of aliphatic hydroxyl groups is 8. The Bertz CT molecular complexity index is 5240. The van der Waals surface area contributed by atoms with Crippen LogP contribution >= 0.6 is 23.2 Å². The third-order valence-electron chi connectivity index (χ3n) is 22.8. The van der Waals surface area contributed by atoms with Gasteiger partial charge in [0.1, 0.15) is 137 Å². The van der Waals surface area contributed by atoms with Gasteiger partial charge < -0.3 is 147 Å². The van der Waals surface area contributed by atoms with Crippen LogP contribution in [0.1, 0.15) is 147 Å². The number of benzene rings is 7. The van der Waals surface area contributed by atoms with Crippen LogP contribution in [0.3, 0.4) is 0 Å². The van der Waals surface area contributed by atoms with Crippen LogP contribution in [0, 0.1) is 5.92 Å². The molecule has 8 aliphatic rings. The molecular weight excluding hydrogens is 1700 g/mol. The van der Waals surface area contributed by atoms with Crippen LogP contribution in [0.4, 0.5) is 0 Å². The molecule has 39 heteroatoms. The van der Waals surface area contributed by atoms with Crippen LogP contribution in [0.2, 0.25) is 10.0 Å². The lowest BCUT2D eigenvalue weighted by atomic mass is 9.89. The largest absolute Gasteiger partial charge is 0.508 e. The first-order valence-corrected chi connectivity index (χ1v) is 42.3. The van der Waals surface area contributed by atoms with Crippen LogP contribution in [-0.2, 0) is 54.3 Å². The van der Waals surface area contributed by atoms with E-state index < -0.39 is 254 Å². The number of phenolic OH excluding ortho intramolecular Hbond substituents is 4. The number of ether oxygens (including phenoxy) is 7. The molecule has 8 heterocycles. The number of nitrogens with one attached hydrogen (secondary N) is 9. The van der Waals surface area contributed by atoms with Crippen LogP contribution in [0.25, 0.3) is 11.1 Å². The number of aliphatic hydroxyl groups excluding tert-OH is 8. The molecule has 2 saturated heterocycles. The molecule has 7 aromatic carbocycles. The molecule has 0 spiro atoms. The van der Waals surface area contributed by atoms with Crippen molar-refractivity contribution in [2.75, 3.05) is 47.4 Å². The van der Waals surface area contributed by atoms with E-state index in [2.05, 4.69) is 61.7 Å². The molecule has 127 heavy (non-hydrogen) atoms. The predicted molar refractivity (Wildman–Crippen MR) is 452 cm³/mol. The number of carbonyl (C=O) groups is 8. The first kappa shape index (κ1) is 93.2. The zero-order valence-electron chi connectivity index (χ0n) is 69.5. The molecule has 37 nitrogen and oxygen atoms in total. The molecular formula is C88H102Cl2N10O27. The lowest BCUT2D eigenvalue weighted by Crippen LogP contribution is -2.65. The minimum Gasteiger partial charge on any atom is -0.508 e. The number of nitrogens with zero attached hydrogens (tertiary/aromatic N) is 1. The summed E-state index contributed by atoms with van der Waals surface area (Å²) in [6.07, 6.45) is -13.8. The molecule has 21 N–H and O–H groups in total. The van der Waals surface area contributed by atoms with Crippen molar-refractivity contribution in [1.29, 1.82) is 0 Å². The first-order valence-electron chi connectivity index (χ1n) is 41.5. The van der Waals surface area contributed by atoms with Crippen LogP contribution in [0.15, 0.2) is 115 Å². The highest BCUT2D eigenvalue weighted by atomic mass is 35.5. The van der Waals surface area contributed by atoms with E-state index in [1.54, 1.807) is 14.1 Å². The second-order valence-electron chi connectivity index (χ2n) is 32.7. The molecule has 18 atom stereocenters. The minimum atomic E-state index is -2.40. The van der Waals surface area contributed by atoms with Crippen LogP contribution < -0.4 is 71.5 Å². The standard InChI is InChI=1S/C88H102Cl2N10O27/c1-39(2)13-10-8-6-7-9-11-14-63(107)94-72-76(111)74(109)61(37-101)125-87(72)127-79-59-31-44-32-60(79)123-56-24-19-43(29-51(56)89)73(108)71-86(120)98-69(81(115)92-25-12-26-100(4)5)49-33-45(103)34-58(124-88-78(113)77(112)75(110)62(38-102)126-88)64(49)48-28-41(17-22-53(48)104)67(83(117)99-71)95-84(118)68(44)96-85(119)70-50-35-47(36-55(106)65(50)90)122-57-30-42(18-23-54(57)105)66(91-3)82(116)93-52(80(114)97-70)27-40-15-20-46(121-59)21-16-40/h15-24,28-36,39,52,61-62,66-78,87-88,91,101-106,108-113H,6-14,25-27,37-38H2,1-5H3,(H,92,115)(H,93,116)(H,94,107)(H,95,118)(H,96,119)(H,97,114)(H,98,120)(H,99,117)/t52?,61-,62-,66?,67?,68?,69?,70?,71?,72-,73?,74-,75-,76-,77+,78+,87?,88+/m1/s1. The van der Waals surface area contributed by atoms with Crippen LogP contribution in [-0.4, -0.2) is 234 Å². The number of hydrogen-bond donors (Lipinski definition) is 21. The van der Waals surface area contributed by atoms with Gasteiger partial charge in [0.2, 0.25) is 65.6 Å². The molecule has 8 aliphatic heterocycles. The number of likely N-dealkylation sites (N-methyl/N-ethyl adjacent to an activating group) is 1. The van der Waals surface area contributed by atoms with Gasteiger partial charge in [-0.2, -0.15) is 0 Å². The highest BCUT2D eigenvalue weighted by Gasteiger charge is 2.50. The summed E-state index contributed by atoms with van der Waals surface area (Å²) in [5.74, 6) is -14.9. The van der Waals surface area contributed by atoms with E-state index in [0.29, 0.717) is 37.3 Å². The number of halogens is 2. The molecule has 0 radical (unpaired) electrons. The number of unbranched alkanes of at least 4 members (excludes halogenated alkanes) is 5. The molecule has 0 saturated carbocycles. The normalized spacial score (nSPS) is 26.0. The molecule has 7 aromatic rings. The zero-order chi connectivity index (χ0) is 91.1. The predicted octanol–water partition coefficient (Wildman–Crippen LogP) is 4.08. The van der Waals surface area contributed by atoms with Crippen molar-refractivity contribution < 1.29 is 133 Å². The number of hydrogen-bond acceptors (Lipinski definition) is 29. The summed E-state index contributed by atoms with van der Waals surface area (Å²) in [7, 11) is 4.98. The monoisotopic (exact) mass is 1800 g/mol. The second-order valence-corrected chi connectivity index (χ2v) is 33.4. The van der Waals surface area contributed by atoms with E-state index >= 15 is 28.8 Å². The van der Waals surface area contributed by atoms with E-state index in [-0.39, 0.29) is 59.1 Å². The van der Waals surface area contributed by atoms with Gasteiger partial charge in [-0.05, 0) is 153 Å². The van der Waals surface area contributed by atoms with Crippen LogP contribution in [0.5, 0.6) is 69.0 Å². The molecule has 680 valence electrons. The molecule has 8 amide bonds. The minimum absolute atomic E-state index is 0.0760. The summed E-state index contributed by atoms with van der Waals surface area (Å²) >= 11 is 14.3. The maximum Gasteiger partial charge on any atom is 0.248 e. The fourth-order valence-electron chi connectivity index (χ4n) is 15.9. The van der Waals surface area contributed by atoms with Crippen molar-refractivity contribution in [3.63, 3.8) is 0 Å². The SMILES string of the molecule is CNC1C(=O)NC2Cc3ccc(cc3)Oc3cc4cc(c3OC3O[C@H](CO)[C@@H](O)[C@H](O)[C@H]3NC(=O)CCCCCCCCC(C)C)Oc3ccc(cc3Cl)C(O)C3NC(=O)C(NC(=O)C4NC(=O)C(NC2=O)c2cc(cc(O)c2Cl)Oc2cc1ccc2O)c1ccc(O)c(c1)-c1c(O[C@H]2O[C@H](CO)[C@@H](O)[C@H](O)[C@@H]2O)cc(O)cc1C(C(=O)NCCCN(C)C)NC3=O. The van der Waals surface area contributed by atoms with E-state index in [4.69, 9.17) is 56.4 Å². The van der Waals surface area contributed by atoms with Gasteiger partial charge in [-0.3, -0.25) is 38.4 Å². The number of carbonyl (C=O) groups excluding carboxylic acids is 8. The van der Waals surface area contributed by atoms with E-state index in [9.17, 15) is 70.9 Å². The fraction of sp³-hybridized carbons (Fsp3) is 0.432. The molecule has 17 bridgehead atoms. The maximum absolute atomic E-state index is 16.8. The van der Waals surface area contributed by atoms with Gasteiger partial charge in [-0.1, -0.05) is 106 Å². The van der Waals surface area contributed by atoms with E-state index in [0.717, 1.165) is 92.8 Å². The van der Waals surface area contributed by atoms with Crippen molar-refractivity contribution >= 4 is 70.5 Å². The Labute approximate surface area is 737 Å². The summed E-state index contributed by atoms with van der Waals surface area (Å²) in [6.45, 7) is 2.73. The Morgan fingerprint density at radius 2 is 1.17 bits per heavy atom. The third-order valence-corrected chi connectivity index (χ3v) is 23.5. The summed E-state index contributed by atoms with van der Waals surface area (Å²) < 4.78 is 44.9. The van der Waals surface area contributed by atoms with Crippen molar-refractivity contribution in [3.8, 4) is 80.1 Å². The molecule has 0 aliphatic carbocycles. The van der Waals surface area contributed by atoms with Gasteiger partial charge in [-0.15, -0.1) is 0 Å². The summed E-state index contributed by atoms with van der Waals surface area (Å²) in [4.78, 5) is 127. The molecule has 9 unspecified atom stereocenters. The smallest absolute Gasteiger partial charge is 0.248 e. The average molecular weight is 1800 g/mol. The Balaban J connectivity index is 1.04. The highest BCUT2D eigenvalue weighted by molar-refractivity contribution is 6.33. The fourth-order valence-corrected chi connectivity index (χ4v) is 16.4. The average Bonchev–Trinajstić information content (AvgIpc) is 0.759. The topological polar surface area (TPSA) is 555 Å². The number of rotatable bonds is 22. The molecule has 15 rings (SSSR count). The third kappa shape index (κ3) is 21.2. The van der Waals surface area contributed by atoms with E-state index in [1.807, 2.05) is 4.90 Å². The Kier molecular flexibility index (Phi) is 29.9. The summed E-state index contributed by atoms with van der Waals surface area (Å²) in [5, 5.41) is 162. The number of fused-ring (bicyclic) bond motifs is 14. The van der Waals surface area contributed by atoms with Gasteiger partial charge in [0.05, 0.1) is 23.3 Å². The summed E-state index contributed by atoms with van der Waals surface area (Å²) in [6, 6.07) is 6.60. The molecule has 0 aromatic heterocycles. The highest BCUT2D eigenvalue weighted by Crippen LogP contribution is 2.51. The quantitative estimate of drug-likeness (QED) is 0.0425. The van der Waals surface area contributed by atoms with Gasteiger partial charge in [0.15, 0.2) is 23.0 Å². The van der Waals surface area contributed by atoms with Crippen molar-refractivity contribution in [1.82, 2.24) is 52.8 Å². The van der Waals surface area contributed by atoms with Gasteiger partial charge >= 0.3 is 0 Å². The Morgan fingerprint density at radius 1 is 0.543 bits per heavy atom. The Morgan fingerprint density at radius 3 is 1.86 bits per heavy atom. The summed E-state index contributed by atoms with van der Waals surface area (Å²) in [5.41, 5.74) is -2.44. The zero-order valence-corrected chi connectivity index (χ0v) is 71.0. The molecule has 2 fully saturated rings. The Hall–Kier alpha value is -11.4. The number of amides is 8. The number of aromatic hydroxyl groups is 4.